The molecule has 1 aliphatic rings. The Labute approximate surface area is 191 Å². The first-order chi connectivity index (χ1) is 16.0. The molecule has 0 aliphatic carbocycles. The molecule has 0 radical (unpaired) electrons. The number of rotatable bonds is 7. The van der Waals surface area contributed by atoms with Crippen molar-refractivity contribution >= 4 is 11.7 Å². The van der Waals surface area contributed by atoms with Crippen molar-refractivity contribution in [2.24, 2.45) is 7.05 Å². The second kappa shape index (κ2) is 9.91. The number of aryl methyl sites for hydroxylation is 1. The van der Waals surface area contributed by atoms with Crippen molar-refractivity contribution < 1.29 is 23.4 Å². The van der Waals surface area contributed by atoms with E-state index in [2.05, 4.69) is 10.4 Å². The second-order valence-corrected chi connectivity index (χ2v) is 7.79. The van der Waals surface area contributed by atoms with Crippen LogP contribution >= 0.6 is 0 Å². The van der Waals surface area contributed by atoms with Gasteiger partial charge in [-0.15, -0.1) is 0 Å². The normalized spacial score (nSPS) is 12.9. The number of aromatic nitrogens is 2. The number of anilines is 1. The molecule has 0 bridgehead atoms. The predicted molar refractivity (Wildman–Crippen MR) is 121 cm³/mol. The van der Waals surface area contributed by atoms with E-state index in [9.17, 15) is 9.18 Å². The molecule has 0 saturated carbocycles. The van der Waals surface area contributed by atoms with Gasteiger partial charge in [0.25, 0.3) is 0 Å². The number of fused-ring (bicyclic) bond motifs is 1. The Bertz CT molecular complexity index is 1150. The molecule has 8 nitrogen and oxygen atoms in total. The number of halogens is 1. The van der Waals surface area contributed by atoms with Gasteiger partial charge in [0.15, 0.2) is 0 Å². The number of hydrogen-bond donors (Lipinski definition) is 1. The summed E-state index contributed by atoms with van der Waals surface area (Å²) in [5, 5.41) is 7.51. The molecular formula is C24H27FN4O4. The van der Waals surface area contributed by atoms with E-state index in [1.807, 2.05) is 17.8 Å². The number of hydrogen-bond acceptors (Lipinski definition) is 5. The van der Waals surface area contributed by atoms with Crippen LogP contribution in [0.3, 0.4) is 0 Å². The van der Waals surface area contributed by atoms with E-state index in [1.165, 1.54) is 12.1 Å². The molecule has 1 N–H and O–H groups in total. The number of ether oxygens (including phenoxy) is 3. The molecule has 2 amide bonds. The van der Waals surface area contributed by atoms with E-state index in [0.717, 1.165) is 22.5 Å². The number of nitrogens with one attached hydrogen (secondary N) is 1. The van der Waals surface area contributed by atoms with Crippen molar-refractivity contribution in [1.82, 2.24) is 14.7 Å². The zero-order valence-corrected chi connectivity index (χ0v) is 18.9. The lowest BCUT2D eigenvalue weighted by Gasteiger charge is -2.28. The SMILES string of the molecule is COc1ccc(OC)c(NC(=O)N2CCc3c(c(COCc4cccc(F)c4)nn3C)C2)c1. The molecule has 0 atom stereocenters. The molecule has 4 rings (SSSR count). The van der Waals surface area contributed by atoms with Gasteiger partial charge in [0.2, 0.25) is 0 Å². The number of urea groups is 1. The standard InChI is InChI=1S/C24H27FN4O4/c1-28-22-9-10-29(24(30)26-20-12-18(31-2)7-8-23(20)32-3)13-19(22)21(27-28)15-33-14-16-5-4-6-17(25)11-16/h4-8,11-12H,9-10,13-15H2,1-3H3,(H,26,30). The number of carbonyl (C=O) groups excluding carboxylic acids is 1. The maximum absolute atomic E-state index is 13.4. The topological polar surface area (TPSA) is 77.8 Å². The Morgan fingerprint density at radius 1 is 1.15 bits per heavy atom. The van der Waals surface area contributed by atoms with Crippen LogP contribution in [0.5, 0.6) is 11.5 Å². The fourth-order valence-corrected chi connectivity index (χ4v) is 3.96. The first kappa shape index (κ1) is 22.6. The lowest BCUT2D eigenvalue weighted by Crippen LogP contribution is -2.39. The van der Waals surface area contributed by atoms with Gasteiger partial charge in [0.1, 0.15) is 17.3 Å². The Morgan fingerprint density at radius 3 is 2.76 bits per heavy atom. The Hall–Kier alpha value is -3.59. The summed E-state index contributed by atoms with van der Waals surface area (Å²) in [6, 6.07) is 11.3. The van der Waals surface area contributed by atoms with E-state index in [0.29, 0.717) is 36.7 Å². The summed E-state index contributed by atoms with van der Waals surface area (Å²) in [6.45, 7) is 1.54. The highest BCUT2D eigenvalue weighted by atomic mass is 19.1. The van der Waals surface area contributed by atoms with E-state index in [-0.39, 0.29) is 25.1 Å². The molecule has 33 heavy (non-hydrogen) atoms. The van der Waals surface area contributed by atoms with Gasteiger partial charge >= 0.3 is 6.03 Å². The van der Waals surface area contributed by atoms with E-state index < -0.39 is 0 Å². The molecule has 0 fully saturated rings. The lowest BCUT2D eigenvalue weighted by atomic mass is 10.1. The first-order valence-electron chi connectivity index (χ1n) is 10.6. The molecular weight excluding hydrogens is 427 g/mol. The lowest BCUT2D eigenvalue weighted by molar-refractivity contribution is 0.103. The van der Waals surface area contributed by atoms with Gasteiger partial charge in [-0.25, -0.2) is 9.18 Å². The maximum Gasteiger partial charge on any atom is 0.322 e. The summed E-state index contributed by atoms with van der Waals surface area (Å²) < 4.78 is 31.6. The van der Waals surface area contributed by atoms with Crippen molar-refractivity contribution in [3.05, 3.63) is 70.8 Å². The van der Waals surface area contributed by atoms with Crippen LogP contribution in [0.2, 0.25) is 0 Å². The summed E-state index contributed by atoms with van der Waals surface area (Å²) in [6.07, 6.45) is 0.686. The number of amides is 2. The fraction of sp³-hybridized carbons (Fsp3) is 0.333. The van der Waals surface area contributed by atoms with Crippen LogP contribution in [0.1, 0.15) is 22.5 Å². The van der Waals surface area contributed by atoms with Crippen molar-refractivity contribution in [2.75, 3.05) is 26.1 Å². The predicted octanol–water partition coefficient (Wildman–Crippen LogP) is 3.88. The van der Waals surface area contributed by atoms with Crippen molar-refractivity contribution in [3.8, 4) is 11.5 Å². The average molecular weight is 455 g/mol. The number of methoxy groups -OCH3 is 2. The molecule has 3 aromatic rings. The zero-order valence-electron chi connectivity index (χ0n) is 18.9. The Balaban J connectivity index is 1.44. The minimum Gasteiger partial charge on any atom is -0.497 e. The smallest absolute Gasteiger partial charge is 0.322 e. The van der Waals surface area contributed by atoms with E-state index >= 15 is 0 Å². The molecule has 0 unspecified atom stereocenters. The van der Waals surface area contributed by atoms with Crippen molar-refractivity contribution in [2.45, 2.75) is 26.2 Å². The maximum atomic E-state index is 13.4. The van der Waals surface area contributed by atoms with Crippen molar-refractivity contribution in [3.63, 3.8) is 0 Å². The third kappa shape index (κ3) is 5.09. The van der Waals surface area contributed by atoms with Crippen LogP contribution in [0, 0.1) is 5.82 Å². The third-order valence-electron chi connectivity index (χ3n) is 5.66. The Kier molecular flexibility index (Phi) is 6.79. The molecule has 1 aliphatic heterocycles. The van der Waals surface area contributed by atoms with Crippen molar-refractivity contribution in [1.29, 1.82) is 0 Å². The Morgan fingerprint density at radius 2 is 2.00 bits per heavy atom. The molecule has 9 heteroatoms. The zero-order chi connectivity index (χ0) is 23.4. The largest absolute Gasteiger partial charge is 0.497 e. The quantitative estimate of drug-likeness (QED) is 0.586. The van der Waals surface area contributed by atoms with Gasteiger partial charge in [-0.3, -0.25) is 4.68 Å². The molecule has 0 spiro atoms. The van der Waals surface area contributed by atoms with Crippen LogP contribution in [-0.2, 0) is 38.0 Å². The van der Waals surface area contributed by atoms with Crippen LogP contribution in [-0.4, -0.2) is 41.5 Å². The highest BCUT2D eigenvalue weighted by Gasteiger charge is 2.27. The minimum absolute atomic E-state index is 0.234. The van der Waals surface area contributed by atoms with Gasteiger partial charge in [0.05, 0.1) is 45.4 Å². The highest BCUT2D eigenvalue weighted by Crippen LogP contribution is 2.30. The van der Waals surface area contributed by atoms with Crippen LogP contribution < -0.4 is 14.8 Å². The number of nitrogens with zero attached hydrogens (tertiary/aromatic N) is 3. The van der Waals surface area contributed by atoms with Crippen LogP contribution in [0.4, 0.5) is 14.9 Å². The monoisotopic (exact) mass is 454 g/mol. The number of carbonyl (C=O) groups is 1. The molecule has 174 valence electrons. The molecule has 1 aromatic heterocycles. The number of benzene rings is 2. The molecule has 2 aromatic carbocycles. The van der Waals surface area contributed by atoms with Crippen LogP contribution in [0.25, 0.3) is 0 Å². The second-order valence-electron chi connectivity index (χ2n) is 7.79. The summed E-state index contributed by atoms with van der Waals surface area (Å²) >= 11 is 0. The van der Waals surface area contributed by atoms with Gasteiger partial charge in [-0.05, 0) is 29.8 Å². The fourth-order valence-electron chi connectivity index (χ4n) is 3.96. The summed E-state index contributed by atoms with van der Waals surface area (Å²) in [5.41, 5.74) is 4.14. The summed E-state index contributed by atoms with van der Waals surface area (Å²) in [4.78, 5) is 14.8. The first-order valence-corrected chi connectivity index (χ1v) is 10.6. The summed E-state index contributed by atoms with van der Waals surface area (Å²) in [5.74, 6) is 0.882. The molecule has 2 heterocycles. The van der Waals surface area contributed by atoms with E-state index in [4.69, 9.17) is 14.2 Å². The summed E-state index contributed by atoms with van der Waals surface area (Å²) in [7, 11) is 5.02. The van der Waals surface area contributed by atoms with Gasteiger partial charge in [0, 0.05) is 37.3 Å². The minimum atomic E-state index is -0.291. The van der Waals surface area contributed by atoms with Crippen LogP contribution in [0.15, 0.2) is 42.5 Å². The van der Waals surface area contributed by atoms with Gasteiger partial charge in [-0.1, -0.05) is 12.1 Å². The van der Waals surface area contributed by atoms with Gasteiger partial charge < -0.3 is 24.4 Å². The third-order valence-corrected chi connectivity index (χ3v) is 5.66. The average Bonchev–Trinajstić information content (AvgIpc) is 3.13. The van der Waals surface area contributed by atoms with Gasteiger partial charge in [-0.2, -0.15) is 5.10 Å². The molecule has 0 saturated heterocycles. The van der Waals surface area contributed by atoms with E-state index in [1.54, 1.807) is 43.4 Å². The highest BCUT2D eigenvalue weighted by molar-refractivity contribution is 5.91.